The van der Waals surface area contributed by atoms with Gasteiger partial charge in [-0.1, -0.05) is 12.1 Å². The Balaban J connectivity index is 1.26. The van der Waals surface area contributed by atoms with Gasteiger partial charge < -0.3 is 10.1 Å². The van der Waals surface area contributed by atoms with Gasteiger partial charge in [-0.15, -0.1) is 11.3 Å². The molecule has 1 N–H and O–H groups in total. The van der Waals surface area contributed by atoms with Crippen molar-refractivity contribution in [2.24, 2.45) is 0 Å². The number of halogens is 2. The third-order valence-corrected chi connectivity index (χ3v) is 5.91. The molecule has 162 valence electrons. The van der Waals surface area contributed by atoms with Crippen LogP contribution < -0.4 is 10.1 Å². The van der Waals surface area contributed by atoms with E-state index in [4.69, 9.17) is 4.74 Å². The van der Waals surface area contributed by atoms with Crippen LogP contribution in [0.2, 0.25) is 0 Å². The van der Waals surface area contributed by atoms with E-state index < -0.39 is 11.6 Å². The van der Waals surface area contributed by atoms with Crippen molar-refractivity contribution >= 4 is 17.2 Å². The van der Waals surface area contributed by atoms with Gasteiger partial charge in [0.05, 0.1) is 11.2 Å². The van der Waals surface area contributed by atoms with Crippen LogP contribution in [0.3, 0.4) is 0 Å². The largest absolute Gasteiger partial charge is 0.487 e. The number of nitrogens with one attached hydrogen (secondary N) is 1. The molecule has 0 bridgehead atoms. The van der Waals surface area contributed by atoms with Crippen molar-refractivity contribution in [1.82, 2.24) is 15.2 Å². The molecule has 4 rings (SSSR count). The van der Waals surface area contributed by atoms with Gasteiger partial charge in [0.25, 0.3) is 5.91 Å². The van der Waals surface area contributed by atoms with E-state index in [-0.39, 0.29) is 11.9 Å². The van der Waals surface area contributed by atoms with Crippen LogP contribution >= 0.6 is 11.3 Å². The Bertz CT molecular complexity index is 1020. The predicted octanol–water partition coefficient (Wildman–Crippen LogP) is 4.39. The van der Waals surface area contributed by atoms with Gasteiger partial charge in [-0.3, -0.25) is 9.69 Å². The summed E-state index contributed by atoms with van der Waals surface area (Å²) in [6.45, 7) is 2.49. The summed E-state index contributed by atoms with van der Waals surface area (Å²) in [6.07, 6.45) is 1.60. The molecule has 0 spiro atoms. The fourth-order valence-electron chi connectivity index (χ4n) is 3.59. The van der Waals surface area contributed by atoms with Gasteiger partial charge in [0.1, 0.15) is 12.4 Å². The molecule has 8 heteroatoms. The SMILES string of the molecule is O=C(NC1CCN(Cc2ccc(F)c(F)c2)CC1)c1cccc(OCc2cscn2)c1. The van der Waals surface area contributed by atoms with Crippen LogP contribution in [0.5, 0.6) is 5.75 Å². The summed E-state index contributed by atoms with van der Waals surface area (Å²) in [6, 6.07) is 11.2. The zero-order chi connectivity index (χ0) is 21.6. The molecule has 2 heterocycles. The van der Waals surface area contributed by atoms with Gasteiger partial charge in [-0.05, 0) is 48.7 Å². The first-order valence-electron chi connectivity index (χ1n) is 10.1. The van der Waals surface area contributed by atoms with Crippen molar-refractivity contribution in [1.29, 1.82) is 0 Å². The molecule has 0 atom stereocenters. The highest BCUT2D eigenvalue weighted by Gasteiger charge is 2.21. The molecule has 0 saturated carbocycles. The van der Waals surface area contributed by atoms with Gasteiger partial charge in [-0.2, -0.15) is 0 Å². The summed E-state index contributed by atoms with van der Waals surface area (Å²) in [5, 5.41) is 5.02. The first kappa shape index (κ1) is 21.4. The third kappa shape index (κ3) is 5.86. The number of ether oxygens (including phenoxy) is 1. The number of piperidine rings is 1. The van der Waals surface area contributed by atoms with Gasteiger partial charge in [0, 0.05) is 36.6 Å². The lowest BCUT2D eigenvalue weighted by Gasteiger charge is -2.32. The molecule has 3 aromatic rings. The lowest BCUT2D eigenvalue weighted by molar-refractivity contribution is 0.0908. The van der Waals surface area contributed by atoms with E-state index in [1.807, 2.05) is 11.4 Å². The van der Waals surface area contributed by atoms with Crippen LogP contribution in [-0.2, 0) is 13.2 Å². The number of thiazole rings is 1. The fraction of sp³-hybridized carbons (Fsp3) is 0.304. The van der Waals surface area contributed by atoms with Gasteiger partial charge >= 0.3 is 0 Å². The molecule has 1 aromatic heterocycles. The van der Waals surface area contributed by atoms with Crippen molar-refractivity contribution in [3.63, 3.8) is 0 Å². The van der Waals surface area contributed by atoms with Crippen LogP contribution in [0.1, 0.15) is 34.5 Å². The zero-order valence-electron chi connectivity index (χ0n) is 16.9. The Hall–Kier alpha value is -2.84. The molecule has 0 radical (unpaired) electrons. The standard InChI is InChI=1S/C23H23F2N3O2S/c24-21-5-4-16(10-22(21)25)12-28-8-6-18(7-9-28)27-23(29)17-2-1-3-20(11-17)30-13-19-14-31-15-26-19/h1-5,10-11,14-15,18H,6-9,12-13H2,(H,27,29). The van der Waals surface area contributed by atoms with Crippen molar-refractivity contribution in [3.8, 4) is 5.75 Å². The number of likely N-dealkylation sites (tertiary alicyclic amines) is 1. The average Bonchev–Trinajstić information content (AvgIpc) is 3.30. The number of nitrogens with zero attached hydrogens (tertiary/aromatic N) is 2. The number of rotatable bonds is 7. The Morgan fingerprint density at radius 1 is 1.16 bits per heavy atom. The van der Waals surface area contributed by atoms with Gasteiger partial charge in [0.2, 0.25) is 0 Å². The Morgan fingerprint density at radius 2 is 2.00 bits per heavy atom. The Morgan fingerprint density at radius 3 is 2.74 bits per heavy atom. The smallest absolute Gasteiger partial charge is 0.251 e. The normalized spacial score (nSPS) is 15.0. The van der Waals surface area contributed by atoms with E-state index in [0.29, 0.717) is 24.5 Å². The van der Waals surface area contributed by atoms with Crippen LogP contribution in [0.15, 0.2) is 53.4 Å². The Labute approximate surface area is 183 Å². The van der Waals surface area contributed by atoms with E-state index >= 15 is 0 Å². The first-order valence-corrected chi connectivity index (χ1v) is 11.1. The maximum Gasteiger partial charge on any atom is 0.251 e. The molecule has 31 heavy (non-hydrogen) atoms. The molecule has 1 aliphatic heterocycles. The number of hydrogen-bond acceptors (Lipinski definition) is 5. The second-order valence-electron chi connectivity index (χ2n) is 7.57. The molecule has 1 saturated heterocycles. The van der Waals surface area contributed by atoms with Gasteiger partial charge in [0.15, 0.2) is 11.6 Å². The van der Waals surface area contributed by atoms with Crippen LogP contribution in [-0.4, -0.2) is 34.9 Å². The molecule has 0 unspecified atom stereocenters. The summed E-state index contributed by atoms with van der Waals surface area (Å²) in [5.74, 6) is -1.15. The first-order chi connectivity index (χ1) is 15.1. The topological polar surface area (TPSA) is 54.5 Å². The van der Waals surface area contributed by atoms with E-state index in [1.54, 1.807) is 29.8 Å². The lowest BCUT2D eigenvalue weighted by atomic mass is 10.0. The molecule has 5 nitrogen and oxygen atoms in total. The van der Waals surface area contributed by atoms with Crippen molar-refractivity contribution < 1.29 is 18.3 Å². The van der Waals surface area contributed by atoms with Crippen LogP contribution in [0, 0.1) is 11.6 Å². The lowest BCUT2D eigenvalue weighted by Crippen LogP contribution is -2.44. The number of amides is 1. The number of aromatic nitrogens is 1. The number of carbonyl (C=O) groups excluding carboxylic acids is 1. The molecular weight excluding hydrogens is 420 g/mol. The van der Waals surface area contributed by atoms with E-state index in [1.165, 1.54) is 17.4 Å². The second-order valence-corrected chi connectivity index (χ2v) is 8.29. The van der Waals surface area contributed by atoms with Crippen LogP contribution in [0.4, 0.5) is 8.78 Å². The highest BCUT2D eigenvalue weighted by atomic mass is 32.1. The van der Waals surface area contributed by atoms with E-state index in [2.05, 4.69) is 15.2 Å². The molecule has 1 aliphatic rings. The van der Waals surface area contributed by atoms with Crippen molar-refractivity contribution in [2.75, 3.05) is 13.1 Å². The van der Waals surface area contributed by atoms with E-state index in [9.17, 15) is 13.6 Å². The van der Waals surface area contributed by atoms with Gasteiger partial charge in [-0.25, -0.2) is 13.8 Å². The Kier molecular flexibility index (Phi) is 6.89. The summed E-state index contributed by atoms with van der Waals surface area (Å²) >= 11 is 1.51. The van der Waals surface area contributed by atoms with Crippen molar-refractivity contribution in [3.05, 3.63) is 81.8 Å². The number of carbonyl (C=O) groups is 1. The maximum absolute atomic E-state index is 13.4. The molecule has 1 fully saturated rings. The molecular formula is C23H23F2N3O2S. The van der Waals surface area contributed by atoms with Crippen LogP contribution in [0.25, 0.3) is 0 Å². The predicted molar refractivity (Wildman–Crippen MR) is 115 cm³/mol. The summed E-state index contributed by atoms with van der Waals surface area (Å²) in [7, 11) is 0. The minimum Gasteiger partial charge on any atom is -0.487 e. The maximum atomic E-state index is 13.4. The fourth-order valence-corrected chi connectivity index (χ4v) is 4.14. The monoisotopic (exact) mass is 443 g/mol. The minimum atomic E-state index is -0.831. The summed E-state index contributed by atoms with van der Waals surface area (Å²) in [5.41, 5.74) is 3.91. The third-order valence-electron chi connectivity index (χ3n) is 5.28. The highest BCUT2D eigenvalue weighted by molar-refractivity contribution is 7.07. The average molecular weight is 444 g/mol. The number of hydrogen-bond donors (Lipinski definition) is 1. The second kappa shape index (κ2) is 9.98. The minimum absolute atomic E-state index is 0.0771. The quantitative estimate of drug-likeness (QED) is 0.588. The summed E-state index contributed by atoms with van der Waals surface area (Å²) < 4.78 is 32.2. The van der Waals surface area contributed by atoms with E-state index in [0.717, 1.165) is 43.3 Å². The number of benzene rings is 2. The molecule has 1 amide bonds. The van der Waals surface area contributed by atoms with Crippen molar-refractivity contribution in [2.45, 2.75) is 32.0 Å². The zero-order valence-corrected chi connectivity index (χ0v) is 17.7. The molecule has 2 aromatic carbocycles. The molecule has 0 aliphatic carbocycles. The summed E-state index contributed by atoms with van der Waals surface area (Å²) in [4.78, 5) is 19.0. The highest BCUT2D eigenvalue weighted by Crippen LogP contribution is 2.18.